The number of hydrogen-bond donors (Lipinski definition) is 6. The van der Waals surface area contributed by atoms with E-state index in [2.05, 4.69) is 10.9 Å². The van der Waals surface area contributed by atoms with Gasteiger partial charge >= 0.3 is 0 Å². The summed E-state index contributed by atoms with van der Waals surface area (Å²) in [5.41, 5.74) is 0. The van der Waals surface area contributed by atoms with Gasteiger partial charge in [0.2, 0.25) is 0 Å². The van der Waals surface area contributed by atoms with E-state index in [1.165, 1.54) is 0 Å². The topological polar surface area (TPSA) is 140 Å². The summed E-state index contributed by atoms with van der Waals surface area (Å²) in [5, 5.41) is 47.4. The molecule has 0 saturated carbocycles. The van der Waals surface area contributed by atoms with Crippen LogP contribution < -0.4 is 5.84 Å². The van der Waals surface area contributed by atoms with Gasteiger partial charge in [0.25, 0.3) is 0 Å². The monoisotopic (exact) mass is 194 g/mol. The van der Waals surface area contributed by atoms with Gasteiger partial charge in [0.1, 0.15) is 24.4 Å². The molecule has 7 nitrogen and oxygen atoms in total. The summed E-state index contributed by atoms with van der Waals surface area (Å²) in [6, 6.07) is 0. The fraction of sp³-hybridized carbons (Fsp3) is 0.833. The van der Waals surface area contributed by atoms with Crippen molar-refractivity contribution in [1.29, 1.82) is 0 Å². The highest BCUT2D eigenvalue weighted by atomic mass is 16.4. The Morgan fingerprint density at radius 3 is 2.08 bits per heavy atom. The molecular formula is C6H14N2O5. The Bertz CT molecular complexity index is 165. The van der Waals surface area contributed by atoms with Crippen molar-refractivity contribution in [3.8, 4) is 0 Å². The lowest BCUT2D eigenvalue weighted by atomic mass is 10.0. The van der Waals surface area contributed by atoms with Crippen LogP contribution >= 0.6 is 0 Å². The minimum atomic E-state index is -1.65. The smallest absolute Gasteiger partial charge is 0.119 e. The first-order chi connectivity index (χ1) is 6.04. The quantitative estimate of drug-likeness (QED) is 0.152. The number of aliphatic hydroxyl groups is 5. The Balaban J connectivity index is 4.15. The van der Waals surface area contributed by atoms with Crippen LogP contribution in [0.1, 0.15) is 0 Å². The summed E-state index contributed by atoms with van der Waals surface area (Å²) < 4.78 is 0. The molecule has 0 heterocycles. The van der Waals surface area contributed by atoms with Crippen molar-refractivity contribution in [1.82, 2.24) is 0 Å². The van der Waals surface area contributed by atoms with Gasteiger partial charge in [-0.2, -0.15) is 5.10 Å². The van der Waals surface area contributed by atoms with Crippen LogP contribution in [0.4, 0.5) is 0 Å². The van der Waals surface area contributed by atoms with Crippen LogP contribution in [0.5, 0.6) is 0 Å². The third-order valence-electron chi connectivity index (χ3n) is 1.52. The zero-order valence-corrected chi connectivity index (χ0v) is 6.85. The summed E-state index contributed by atoms with van der Waals surface area (Å²) in [4.78, 5) is 0. The van der Waals surface area contributed by atoms with E-state index in [-0.39, 0.29) is 0 Å². The molecule has 0 aliphatic carbocycles. The van der Waals surface area contributed by atoms with E-state index in [0.29, 0.717) is 0 Å². The van der Waals surface area contributed by atoms with E-state index in [9.17, 15) is 0 Å². The normalized spacial score (nSPS) is 21.3. The Morgan fingerprint density at radius 2 is 1.69 bits per heavy atom. The predicted molar refractivity (Wildman–Crippen MR) is 43.8 cm³/mol. The third-order valence-corrected chi connectivity index (χ3v) is 1.52. The van der Waals surface area contributed by atoms with Crippen LogP contribution in [0.3, 0.4) is 0 Å². The van der Waals surface area contributed by atoms with Gasteiger partial charge in [-0.15, -0.1) is 0 Å². The van der Waals surface area contributed by atoms with Gasteiger partial charge in [-0.1, -0.05) is 0 Å². The number of aliphatic hydroxyl groups excluding tert-OH is 5. The molecule has 0 rings (SSSR count). The minimum Gasteiger partial charge on any atom is -0.394 e. The molecule has 0 aliphatic rings. The van der Waals surface area contributed by atoms with Crippen LogP contribution in [0.15, 0.2) is 5.10 Å². The number of rotatable bonds is 5. The Kier molecular flexibility index (Phi) is 5.51. The van der Waals surface area contributed by atoms with Crippen molar-refractivity contribution >= 4 is 6.21 Å². The molecule has 0 unspecified atom stereocenters. The summed E-state index contributed by atoms with van der Waals surface area (Å²) in [7, 11) is 0. The SMILES string of the molecule is N/N=C\[C@H](O)[C@H](O)[C@H](O)[C@H](O)CO. The molecule has 4 atom stereocenters. The first-order valence-electron chi connectivity index (χ1n) is 3.61. The van der Waals surface area contributed by atoms with Crippen LogP contribution in [0.2, 0.25) is 0 Å². The second-order valence-corrected chi connectivity index (χ2v) is 2.52. The van der Waals surface area contributed by atoms with Gasteiger partial charge in [-0.25, -0.2) is 0 Å². The zero-order chi connectivity index (χ0) is 10.4. The molecule has 0 aromatic rings. The fourth-order valence-corrected chi connectivity index (χ4v) is 0.714. The zero-order valence-electron chi connectivity index (χ0n) is 6.85. The van der Waals surface area contributed by atoms with Crippen molar-refractivity contribution in [2.75, 3.05) is 6.61 Å². The van der Waals surface area contributed by atoms with E-state index in [1.807, 2.05) is 0 Å². The number of nitrogens with two attached hydrogens (primary N) is 1. The highest BCUT2D eigenvalue weighted by Gasteiger charge is 2.28. The van der Waals surface area contributed by atoms with E-state index in [0.717, 1.165) is 6.21 Å². The van der Waals surface area contributed by atoms with E-state index < -0.39 is 31.0 Å². The van der Waals surface area contributed by atoms with Gasteiger partial charge in [-0.05, 0) is 0 Å². The van der Waals surface area contributed by atoms with Gasteiger partial charge in [-0.3, -0.25) is 0 Å². The highest BCUT2D eigenvalue weighted by Crippen LogP contribution is 2.03. The second-order valence-electron chi connectivity index (χ2n) is 2.52. The molecule has 0 aromatic carbocycles. The summed E-state index contributed by atoms with van der Waals surface area (Å²) in [5.74, 6) is 4.68. The van der Waals surface area contributed by atoms with Crippen molar-refractivity contribution in [3.05, 3.63) is 0 Å². The maximum Gasteiger partial charge on any atom is 0.119 e. The van der Waals surface area contributed by atoms with Crippen LogP contribution in [0.25, 0.3) is 0 Å². The van der Waals surface area contributed by atoms with Crippen LogP contribution in [-0.2, 0) is 0 Å². The second kappa shape index (κ2) is 5.84. The summed E-state index contributed by atoms with van der Waals surface area (Å²) in [6.07, 6.45) is -5.50. The molecular weight excluding hydrogens is 180 g/mol. The maximum atomic E-state index is 9.10. The van der Waals surface area contributed by atoms with Crippen molar-refractivity contribution in [3.63, 3.8) is 0 Å². The first kappa shape index (κ1) is 12.3. The molecule has 0 aromatic heterocycles. The standard InChI is InChI=1S/C6H14N2O5/c7-8-1-3(10)5(12)6(13)4(11)2-9/h1,3-6,9-13H,2,7H2/b8-1-/t3-,4+,5-,6+/m0/s1. The van der Waals surface area contributed by atoms with Gasteiger partial charge < -0.3 is 31.4 Å². The molecule has 0 spiro atoms. The van der Waals surface area contributed by atoms with Gasteiger partial charge in [0, 0.05) is 0 Å². The minimum absolute atomic E-state index is 0.718. The molecule has 0 amide bonds. The Morgan fingerprint density at radius 1 is 1.15 bits per heavy atom. The first-order valence-corrected chi connectivity index (χ1v) is 3.61. The fourth-order valence-electron chi connectivity index (χ4n) is 0.714. The molecule has 78 valence electrons. The Labute approximate surface area is 74.7 Å². The lowest BCUT2D eigenvalue weighted by Gasteiger charge is -2.23. The average Bonchev–Trinajstić information content (AvgIpc) is 2.14. The lowest BCUT2D eigenvalue weighted by Crippen LogP contribution is -2.46. The highest BCUT2D eigenvalue weighted by molar-refractivity contribution is 5.63. The van der Waals surface area contributed by atoms with Crippen LogP contribution in [-0.4, -0.2) is 62.8 Å². The molecule has 7 heteroatoms. The van der Waals surface area contributed by atoms with E-state index in [4.69, 9.17) is 25.5 Å². The molecule has 0 fully saturated rings. The molecule has 13 heavy (non-hydrogen) atoms. The summed E-state index contributed by atoms with van der Waals surface area (Å²) >= 11 is 0. The third kappa shape index (κ3) is 3.66. The molecule has 0 bridgehead atoms. The Hall–Kier alpha value is -0.730. The lowest BCUT2D eigenvalue weighted by molar-refractivity contribution is -0.0999. The van der Waals surface area contributed by atoms with Gasteiger partial charge in [0.05, 0.1) is 12.8 Å². The predicted octanol–water partition coefficient (Wildman–Crippen LogP) is -3.63. The van der Waals surface area contributed by atoms with E-state index in [1.54, 1.807) is 0 Å². The number of hydrogen-bond acceptors (Lipinski definition) is 7. The molecule has 0 saturated heterocycles. The summed E-state index contributed by atoms with van der Waals surface area (Å²) in [6.45, 7) is -0.718. The van der Waals surface area contributed by atoms with Crippen molar-refractivity contribution in [2.24, 2.45) is 10.9 Å². The van der Waals surface area contributed by atoms with Crippen LogP contribution in [0, 0.1) is 0 Å². The van der Waals surface area contributed by atoms with E-state index >= 15 is 0 Å². The largest absolute Gasteiger partial charge is 0.394 e. The maximum absolute atomic E-state index is 9.10. The average molecular weight is 194 g/mol. The molecule has 0 radical (unpaired) electrons. The van der Waals surface area contributed by atoms with Crippen molar-refractivity contribution < 1.29 is 25.5 Å². The molecule has 7 N–H and O–H groups in total. The molecule has 0 aliphatic heterocycles. The van der Waals surface area contributed by atoms with Gasteiger partial charge in [0.15, 0.2) is 0 Å². The number of hydrazone groups is 1. The number of nitrogens with zero attached hydrogens (tertiary/aromatic N) is 1. The van der Waals surface area contributed by atoms with Crippen molar-refractivity contribution in [2.45, 2.75) is 24.4 Å².